The summed E-state index contributed by atoms with van der Waals surface area (Å²) in [5, 5.41) is 0.849. The summed E-state index contributed by atoms with van der Waals surface area (Å²) in [6, 6.07) is 8.52. The second-order valence-electron chi connectivity index (χ2n) is 7.40. The fraction of sp³-hybridized carbons (Fsp3) is 0.619. The molecular weight excluding hydrogens is 304 g/mol. The Kier molecular flexibility index (Phi) is 6.05. The Morgan fingerprint density at radius 1 is 0.870 bits per heavy atom. The number of benzene rings is 1. The molecule has 0 heterocycles. The zero-order valence-corrected chi connectivity index (χ0v) is 15.0. The summed E-state index contributed by atoms with van der Waals surface area (Å²) < 4.78 is 5.06. The Hall–Kier alpha value is -0.950. The molecule has 2 saturated carbocycles. The first-order chi connectivity index (χ1) is 11.3. The molecule has 0 radical (unpaired) electrons. The Labute approximate surface area is 146 Å². The highest BCUT2D eigenvalue weighted by Gasteiger charge is 2.30. The van der Waals surface area contributed by atoms with Crippen molar-refractivity contribution in [2.24, 2.45) is 17.8 Å². The van der Waals surface area contributed by atoms with Gasteiger partial charge >= 0.3 is 0 Å². The van der Waals surface area contributed by atoms with Gasteiger partial charge in [-0.3, -0.25) is 0 Å². The predicted octanol–water partition coefficient (Wildman–Crippen LogP) is 6.58. The minimum absolute atomic E-state index is 0.747. The van der Waals surface area contributed by atoms with Crippen LogP contribution in [0.2, 0.25) is 5.02 Å². The van der Waals surface area contributed by atoms with E-state index in [9.17, 15) is 0 Å². The molecule has 1 aromatic rings. The first kappa shape index (κ1) is 16.9. The lowest BCUT2D eigenvalue weighted by Gasteiger charge is -2.37. The lowest BCUT2D eigenvalue weighted by atomic mass is 9.68. The van der Waals surface area contributed by atoms with Crippen molar-refractivity contribution in [1.29, 1.82) is 0 Å². The van der Waals surface area contributed by atoms with Crippen LogP contribution in [0.4, 0.5) is 0 Å². The molecule has 2 fully saturated rings. The molecule has 126 valence electrons. The number of allylic oxidation sites excluding steroid dienone is 1. The molecule has 3 rings (SSSR count). The third-order valence-electron chi connectivity index (χ3n) is 6.08. The molecular formula is C21H29ClO. The summed E-state index contributed by atoms with van der Waals surface area (Å²) >= 11 is 6.01. The number of halogens is 1. The molecule has 23 heavy (non-hydrogen) atoms. The van der Waals surface area contributed by atoms with E-state index in [0.29, 0.717) is 0 Å². The second-order valence-corrected chi connectivity index (χ2v) is 7.84. The van der Waals surface area contributed by atoms with Gasteiger partial charge in [-0.1, -0.05) is 23.7 Å². The van der Waals surface area contributed by atoms with Crippen LogP contribution in [0.15, 0.2) is 36.6 Å². The number of ether oxygens (including phenoxy) is 1. The lowest BCUT2D eigenvalue weighted by Crippen LogP contribution is -2.25. The lowest BCUT2D eigenvalue weighted by molar-refractivity contribution is 0.170. The van der Waals surface area contributed by atoms with Gasteiger partial charge < -0.3 is 4.74 Å². The van der Waals surface area contributed by atoms with Gasteiger partial charge in [0.05, 0.1) is 13.4 Å². The normalized spacial score (nSPS) is 32.1. The number of hydrogen-bond donors (Lipinski definition) is 0. The van der Waals surface area contributed by atoms with Gasteiger partial charge in [-0.2, -0.15) is 0 Å². The summed E-state index contributed by atoms with van der Waals surface area (Å²) in [5.74, 6) is 3.43. The fourth-order valence-corrected chi connectivity index (χ4v) is 4.78. The highest BCUT2D eigenvalue weighted by Crippen LogP contribution is 2.44. The fourth-order valence-electron chi connectivity index (χ4n) is 4.66. The third kappa shape index (κ3) is 4.53. The van der Waals surface area contributed by atoms with Crippen molar-refractivity contribution < 1.29 is 4.74 Å². The first-order valence-electron chi connectivity index (χ1n) is 9.21. The molecule has 0 bridgehead atoms. The molecule has 0 N–H and O–H groups in total. The summed E-state index contributed by atoms with van der Waals surface area (Å²) in [7, 11) is 1.74. The summed E-state index contributed by atoms with van der Waals surface area (Å²) in [5.41, 5.74) is 1.49. The van der Waals surface area contributed by atoms with E-state index in [1.54, 1.807) is 7.11 Å². The third-order valence-corrected chi connectivity index (χ3v) is 6.34. The Balaban J connectivity index is 1.46. The Morgan fingerprint density at radius 3 is 2.00 bits per heavy atom. The molecule has 0 aliphatic heterocycles. The van der Waals surface area contributed by atoms with Crippen LogP contribution in [-0.2, 0) is 4.74 Å². The average Bonchev–Trinajstić information content (AvgIpc) is 2.61. The van der Waals surface area contributed by atoms with Crippen molar-refractivity contribution in [2.45, 2.75) is 57.3 Å². The van der Waals surface area contributed by atoms with E-state index >= 15 is 0 Å². The predicted molar refractivity (Wildman–Crippen MR) is 97.7 cm³/mol. The molecule has 2 aliphatic carbocycles. The van der Waals surface area contributed by atoms with Crippen LogP contribution in [0.3, 0.4) is 0 Å². The van der Waals surface area contributed by atoms with E-state index in [1.807, 2.05) is 18.4 Å². The average molecular weight is 333 g/mol. The Bertz CT molecular complexity index is 491. The molecule has 0 spiro atoms. The molecule has 0 amide bonds. The molecule has 2 heteroatoms. The molecule has 2 aliphatic rings. The van der Waals surface area contributed by atoms with E-state index in [4.69, 9.17) is 16.3 Å². The van der Waals surface area contributed by atoms with Gasteiger partial charge in [-0.15, -0.1) is 0 Å². The van der Waals surface area contributed by atoms with Gasteiger partial charge in [0.2, 0.25) is 0 Å². The van der Waals surface area contributed by atoms with Crippen LogP contribution in [0.5, 0.6) is 0 Å². The van der Waals surface area contributed by atoms with Gasteiger partial charge in [0, 0.05) is 5.02 Å². The number of methoxy groups -OCH3 is 1. The van der Waals surface area contributed by atoms with E-state index in [1.165, 1.54) is 56.9 Å². The topological polar surface area (TPSA) is 9.23 Å². The molecule has 0 aromatic heterocycles. The summed E-state index contributed by atoms with van der Waals surface area (Å²) in [6.07, 6.45) is 15.2. The Morgan fingerprint density at radius 2 is 1.43 bits per heavy atom. The van der Waals surface area contributed by atoms with E-state index in [2.05, 4.69) is 18.2 Å². The minimum Gasteiger partial charge on any atom is -0.505 e. The van der Waals surface area contributed by atoms with Crippen LogP contribution in [0.1, 0.15) is 62.8 Å². The smallest absolute Gasteiger partial charge is 0.0787 e. The maximum Gasteiger partial charge on any atom is 0.0787 e. The molecule has 0 atom stereocenters. The van der Waals surface area contributed by atoms with Gasteiger partial charge in [-0.25, -0.2) is 0 Å². The van der Waals surface area contributed by atoms with Crippen LogP contribution in [0.25, 0.3) is 0 Å². The maximum absolute atomic E-state index is 6.01. The maximum atomic E-state index is 6.01. The standard InChI is InChI=1S/C21H29ClO/c1-23-15-14-16-2-4-17(5-3-16)18-6-8-19(9-7-18)20-10-12-21(22)13-11-20/h10-19H,2-9H2,1H3. The van der Waals surface area contributed by atoms with Gasteiger partial charge in [0.15, 0.2) is 0 Å². The minimum atomic E-state index is 0.747. The monoisotopic (exact) mass is 332 g/mol. The summed E-state index contributed by atoms with van der Waals surface area (Å²) in [6.45, 7) is 0. The van der Waals surface area contributed by atoms with Crippen molar-refractivity contribution in [3.63, 3.8) is 0 Å². The van der Waals surface area contributed by atoms with E-state index < -0.39 is 0 Å². The van der Waals surface area contributed by atoms with Crippen LogP contribution in [-0.4, -0.2) is 7.11 Å². The van der Waals surface area contributed by atoms with E-state index in [-0.39, 0.29) is 0 Å². The SMILES string of the molecule is COC=CC1CCC(C2CCC(c3ccc(Cl)cc3)CC2)CC1. The molecule has 1 nitrogen and oxygen atoms in total. The van der Waals surface area contributed by atoms with Crippen LogP contribution in [0, 0.1) is 17.8 Å². The highest BCUT2D eigenvalue weighted by atomic mass is 35.5. The molecule has 1 aromatic carbocycles. The van der Waals surface area contributed by atoms with Gasteiger partial charge in [-0.05, 0) is 98.8 Å². The first-order valence-corrected chi connectivity index (χ1v) is 9.59. The zero-order valence-electron chi connectivity index (χ0n) is 14.2. The quantitative estimate of drug-likeness (QED) is 0.566. The van der Waals surface area contributed by atoms with Crippen LogP contribution < -0.4 is 0 Å². The van der Waals surface area contributed by atoms with Crippen molar-refractivity contribution in [3.05, 3.63) is 47.2 Å². The van der Waals surface area contributed by atoms with Crippen molar-refractivity contribution >= 4 is 11.6 Å². The van der Waals surface area contributed by atoms with Crippen molar-refractivity contribution in [1.82, 2.24) is 0 Å². The van der Waals surface area contributed by atoms with Gasteiger partial charge in [0.1, 0.15) is 0 Å². The second kappa shape index (κ2) is 8.24. The van der Waals surface area contributed by atoms with Crippen LogP contribution >= 0.6 is 11.6 Å². The summed E-state index contributed by atoms with van der Waals surface area (Å²) in [4.78, 5) is 0. The molecule has 0 saturated heterocycles. The largest absolute Gasteiger partial charge is 0.505 e. The zero-order chi connectivity index (χ0) is 16.1. The van der Waals surface area contributed by atoms with E-state index in [0.717, 1.165) is 28.7 Å². The molecule has 0 unspecified atom stereocenters. The van der Waals surface area contributed by atoms with Gasteiger partial charge in [0.25, 0.3) is 0 Å². The number of hydrogen-bond acceptors (Lipinski definition) is 1. The van der Waals surface area contributed by atoms with Crippen molar-refractivity contribution in [3.8, 4) is 0 Å². The number of rotatable bonds is 4. The highest BCUT2D eigenvalue weighted by molar-refractivity contribution is 6.30. The van der Waals surface area contributed by atoms with Crippen molar-refractivity contribution in [2.75, 3.05) is 7.11 Å².